The summed E-state index contributed by atoms with van der Waals surface area (Å²) in [6, 6.07) is 5.99. The first-order chi connectivity index (χ1) is 12.6. The van der Waals surface area contributed by atoms with Crippen LogP contribution in [0.2, 0.25) is 5.02 Å². The molecule has 1 N–H and O–H groups in total. The number of Topliss-reactive ketones (excluding diaryl/α,β-unsaturated/α-hetero) is 1. The highest BCUT2D eigenvalue weighted by Gasteiger charge is 2.46. The van der Waals surface area contributed by atoms with Gasteiger partial charge in [-0.05, 0) is 17.7 Å². The van der Waals surface area contributed by atoms with E-state index in [1.807, 2.05) is 0 Å². The van der Waals surface area contributed by atoms with Gasteiger partial charge < -0.3 is 5.32 Å². The number of rotatable bonds is 3. The fourth-order valence-corrected chi connectivity index (χ4v) is 3.27. The third kappa shape index (κ3) is 3.53. The third-order valence-electron chi connectivity index (χ3n) is 4.38. The first kappa shape index (κ1) is 19.3. The summed E-state index contributed by atoms with van der Waals surface area (Å²) in [6.07, 6.45) is -3.89. The maximum atomic E-state index is 15.4. The van der Waals surface area contributed by atoms with E-state index in [4.69, 9.17) is 11.6 Å². The number of fused-ring (bicyclic) bond motifs is 1. The standard InChI is InChI=1S/C18H13ClF4N2O2/c19-14-10(3-1-4-11(14)18(21,22)23)9-25-16(27)17(20)7-6-13(26)15-12(17)5-2-8-24-15/h1-5,8H,6-7,9H2,(H,25,27)/t17-/m1/s1. The highest BCUT2D eigenvalue weighted by Crippen LogP contribution is 2.39. The quantitative estimate of drug-likeness (QED) is 0.785. The number of nitrogens with one attached hydrogen (secondary N) is 1. The van der Waals surface area contributed by atoms with Crippen molar-refractivity contribution in [2.75, 3.05) is 0 Å². The van der Waals surface area contributed by atoms with E-state index in [0.29, 0.717) is 0 Å². The lowest BCUT2D eigenvalue weighted by atomic mass is 9.81. The lowest BCUT2D eigenvalue weighted by molar-refractivity contribution is -0.137. The zero-order valence-electron chi connectivity index (χ0n) is 13.7. The van der Waals surface area contributed by atoms with Gasteiger partial charge in [0.05, 0.1) is 10.6 Å². The Morgan fingerprint density at radius 3 is 2.70 bits per heavy atom. The predicted octanol–water partition coefficient (Wildman–Crippen LogP) is 4.21. The molecule has 0 saturated heterocycles. The van der Waals surface area contributed by atoms with Crippen LogP contribution in [0.25, 0.3) is 0 Å². The van der Waals surface area contributed by atoms with Crippen molar-refractivity contribution in [3.05, 3.63) is 63.9 Å². The number of benzene rings is 1. The van der Waals surface area contributed by atoms with Crippen LogP contribution in [-0.2, 0) is 23.2 Å². The summed E-state index contributed by atoms with van der Waals surface area (Å²) in [7, 11) is 0. The summed E-state index contributed by atoms with van der Waals surface area (Å²) in [4.78, 5) is 28.2. The highest BCUT2D eigenvalue weighted by atomic mass is 35.5. The number of halogens is 5. The Kier molecular flexibility index (Phi) is 4.94. The summed E-state index contributed by atoms with van der Waals surface area (Å²) >= 11 is 5.78. The third-order valence-corrected chi connectivity index (χ3v) is 4.83. The predicted molar refractivity (Wildman–Crippen MR) is 88.9 cm³/mol. The average Bonchev–Trinajstić information content (AvgIpc) is 2.63. The number of hydrogen-bond acceptors (Lipinski definition) is 3. The molecule has 0 fully saturated rings. The van der Waals surface area contributed by atoms with Crippen molar-refractivity contribution < 1.29 is 27.2 Å². The van der Waals surface area contributed by atoms with Gasteiger partial charge in [0.15, 0.2) is 5.78 Å². The number of ketones is 1. The second kappa shape index (κ2) is 6.92. The van der Waals surface area contributed by atoms with Crippen LogP contribution in [0.4, 0.5) is 17.6 Å². The zero-order chi connectivity index (χ0) is 19.8. The van der Waals surface area contributed by atoms with Gasteiger partial charge in [0.2, 0.25) is 5.67 Å². The van der Waals surface area contributed by atoms with Crippen LogP contribution in [0, 0.1) is 0 Å². The second-order valence-corrected chi connectivity index (χ2v) is 6.46. The molecule has 0 unspecified atom stereocenters. The van der Waals surface area contributed by atoms with Crippen molar-refractivity contribution >= 4 is 23.3 Å². The average molecular weight is 401 g/mol. The largest absolute Gasteiger partial charge is 0.417 e. The van der Waals surface area contributed by atoms with E-state index in [0.717, 1.165) is 12.1 Å². The van der Waals surface area contributed by atoms with Crippen LogP contribution in [0.3, 0.4) is 0 Å². The number of alkyl halides is 4. The fraction of sp³-hybridized carbons (Fsp3) is 0.278. The summed E-state index contributed by atoms with van der Waals surface area (Å²) < 4.78 is 54.1. The van der Waals surface area contributed by atoms with Gasteiger partial charge >= 0.3 is 6.18 Å². The van der Waals surface area contributed by atoms with E-state index in [2.05, 4.69) is 10.3 Å². The summed E-state index contributed by atoms with van der Waals surface area (Å²) in [6.45, 7) is -0.392. The lowest BCUT2D eigenvalue weighted by Crippen LogP contribution is -2.44. The van der Waals surface area contributed by atoms with E-state index < -0.39 is 34.9 Å². The highest BCUT2D eigenvalue weighted by molar-refractivity contribution is 6.32. The Hall–Kier alpha value is -2.48. The molecule has 1 aliphatic rings. The molecule has 9 heteroatoms. The van der Waals surface area contributed by atoms with Crippen molar-refractivity contribution in [1.82, 2.24) is 10.3 Å². The van der Waals surface area contributed by atoms with Crippen molar-refractivity contribution in [1.29, 1.82) is 0 Å². The zero-order valence-corrected chi connectivity index (χ0v) is 14.5. The first-order valence-corrected chi connectivity index (χ1v) is 8.33. The minimum absolute atomic E-state index is 0.00161. The minimum atomic E-state index is -4.65. The Labute approximate surface area is 156 Å². The van der Waals surface area contributed by atoms with Crippen LogP contribution in [0.5, 0.6) is 0 Å². The first-order valence-electron chi connectivity index (χ1n) is 7.95. The van der Waals surface area contributed by atoms with Crippen LogP contribution in [-0.4, -0.2) is 16.7 Å². The monoisotopic (exact) mass is 400 g/mol. The molecule has 1 aromatic heterocycles. The van der Waals surface area contributed by atoms with Gasteiger partial charge in [-0.3, -0.25) is 14.6 Å². The van der Waals surface area contributed by atoms with Gasteiger partial charge in [0, 0.05) is 31.1 Å². The molecule has 27 heavy (non-hydrogen) atoms. The lowest BCUT2D eigenvalue weighted by Gasteiger charge is -2.29. The molecular weight excluding hydrogens is 388 g/mol. The second-order valence-electron chi connectivity index (χ2n) is 6.08. The molecule has 4 nitrogen and oxygen atoms in total. The van der Waals surface area contributed by atoms with E-state index >= 15 is 4.39 Å². The van der Waals surface area contributed by atoms with Crippen molar-refractivity contribution in [2.45, 2.75) is 31.2 Å². The molecule has 0 aliphatic heterocycles. The van der Waals surface area contributed by atoms with E-state index in [-0.39, 0.29) is 35.4 Å². The van der Waals surface area contributed by atoms with Gasteiger partial charge in [-0.1, -0.05) is 29.8 Å². The molecule has 1 aliphatic carbocycles. The van der Waals surface area contributed by atoms with Crippen molar-refractivity contribution in [3.8, 4) is 0 Å². The molecule has 1 heterocycles. The number of carbonyl (C=O) groups is 2. The van der Waals surface area contributed by atoms with E-state index in [1.54, 1.807) is 0 Å². The number of carbonyl (C=O) groups excluding carboxylic acids is 2. The van der Waals surface area contributed by atoms with Gasteiger partial charge in [-0.2, -0.15) is 13.2 Å². The van der Waals surface area contributed by atoms with Crippen LogP contribution < -0.4 is 5.32 Å². The fourth-order valence-electron chi connectivity index (χ4n) is 2.97. The summed E-state index contributed by atoms with van der Waals surface area (Å²) in [5, 5.41) is 1.72. The normalized spacial score (nSPS) is 19.5. The maximum Gasteiger partial charge on any atom is 0.417 e. The molecule has 1 aromatic carbocycles. The Morgan fingerprint density at radius 2 is 2.00 bits per heavy atom. The van der Waals surface area contributed by atoms with Gasteiger partial charge in [0.25, 0.3) is 5.91 Å². The molecular formula is C18H13ClF4N2O2. The SMILES string of the molecule is O=C1CC[C@](F)(C(=O)NCc2cccc(C(F)(F)F)c2Cl)c2cccnc21. The van der Waals surface area contributed by atoms with Gasteiger partial charge in [0.1, 0.15) is 5.69 Å². The summed E-state index contributed by atoms with van der Waals surface area (Å²) in [5.41, 5.74) is -3.79. The maximum absolute atomic E-state index is 15.4. The molecule has 142 valence electrons. The molecule has 0 saturated carbocycles. The molecule has 0 spiro atoms. The van der Waals surface area contributed by atoms with Gasteiger partial charge in [-0.25, -0.2) is 4.39 Å². The van der Waals surface area contributed by atoms with Crippen LogP contribution in [0.1, 0.15) is 40.0 Å². The van der Waals surface area contributed by atoms with E-state index in [1.165, 1.54) is 24.4 Å². The van der Waals surface area contributed by atoms with Crippen molar-refractivity contribution in [2.24, 2.45) is 0 Å². The number of aromatic nitrogens is 1. The molecule has 1 atom stereocenters. The number of pyridine rings is 1. The Morgan fingerprint density at radius 1 is 1.26 bits per heavy atom. The van der Waals surface area contributed by atoms with Crippen LogP contribution >= 0.6 is 11.6 Å². The van der Waals surface area contributed by atoms with Crippen LogP contribution in [0.15, 0.2) is 36.5 Å². The van der Waals surface area contributed by atoms with Gasteiger partial charge in [-0.15, -0.1) is 0 Å². The molecule has 3 rings (SSSR count). The molecule has 1 amide bonds. The number of hydrogen-bond donors (Lipinski definition) is 1. The number of nitrogens with zero attached hydrogens (tertiary/aromatic N) is 1. The topological polar surface area (TPSA) is 59.1 Å². The number of amides is 1. The molecule has 0 bridgehead atoms. The van der Waals surface area contributed by atoms with Crippen molar-refractivity contribution in [3.63, 3.8) is 0 Å². The summed E-state index contributed by atoms with van der Waals surface area (Å²) in [5.74, 6) is -1.43. The van der Waals surface area contributed by atoms with E-state index in [9.17, 15) is 22.8 Å². The molecule has 2 aromatic rings. The Bertz CT molecular complexity index is 916. The minimum Gasteiger partial charge on any atom is -0.349 e. The smallest absolute Gasteiger partial charge is 0.349 e. The Balaban J connectivity index is 1.83. The molecule has 0 radical (unpaired) electrons.